The number of aromatic nitrogens is 1. The minimum Gasteiger partial charge on any atom is -0.469 e. The van der Waals surface area contributed by atoms with Gasteiger partial charge in [-0.3, -0.25) is 19.6 Å². The summed E-state index contributed by atoms with van der Waals surface area (Å²) in [5.74, 6) is 1.04. The second-order valence-corrected chi connectivity index (χ2v) is 9.51. The Labute approximate surface area is 212 Å². The number of aliphatic hydroxyl groups excluding tert-OH is 1. The largest absolute Gasteiger partial charge is 0.469 e. The van der Waals surface area contributed by atoms with Crippen LogP contribution in [0, 0.1) is 5.92 Å². The summed E-state index contributed by atoms with van der Waals surface area (Å²) >= 11 is 0. The fourth-order valence-electron chi connectivity index (χ4n) is 4.81. The first-order chi connectivity index (χ1) is 17.5. The number of carbonyl (C=O) groups excluding carboxylic acids is 2. The van der Waals surface area contributed by atoms with Crippen LogP contribution in [0.4, 0.5) is 5.69 Å². The van der Waals surface area contributed by atoms with Crippen LogP contribution in [0.25, 0.3) is 0 Å². The van der Waals surface area contributed by atoms with Gasteiger partial charge in [0.15, 0.2) is 5.96 Å². The third-order valence-corrected chi connectivity index (χ3v) is 6.96. The minimum absolute atomic E-state index is 0.0324. The standard InChI is InChI=1S/C27H35N5O4/c1-36-25(34)15-20(22-5-3-11-28-16-22)8-7-19-9-12-32(13-10-19)26(35)21-4-2-6-23(14-21)31-27-29-17-24(33)18-30-27/h2-6,11,14,16,19-20,24,33H,7-10,12-13,15,17-18H2,1H3,(H2,29,30,31). The van der Waals surface area contributed by atoms with Crippen LogP contribution in [-0.2, 0) is 9.53 Å². The van der Waals surface area contributed by atoms with Gasteiger partial charge in [0.1, 0.15) is 0 Å². The molecule has 3 heterocycles. The van der Waals surface area contributed by atoms with E-state index in [0.717, 1.165) is 50.0 Å². The molecule has 9 nitrogen and oxygen atoms in total. The highest BCUT2D eigenvalue weighted by Crippen LogP contribution is 2.31. The number of esters is 1. The highest BCUT2D eigenvalue weighted by Gasteiger charge is 2.25. The van der Waals surface area contributed by atoms with Crippen LogP contribution >= 0.6 is 0 Å². The summed E-state index contributed by atoms with van der Waals surface area (Å²) in [5, 5.41) is 15.8. The molecule has 0 radical (unpaired) electrons. The molecule has 1 saturated heterocycles. The highest BCUT2D eigenvalue weighted by molar-refractivity contribution is 5.98. The molecule has 0 saturated carbocycles. The molecular weight excluding hydrogens is 458 g/mol. The van der Waals surface area contributed by atoms with Crippen LogP contribution in [0.2, 0.25) is 0 Å². The Hall–Kier alpha value is -3.46. The number of likely N-dealkylation sites (tertiary alicyclic amines) is 1. The first kappa shape index (κ1) is 25.6. The Morgan fingerprint density at radius 3 is 2.78 bits per heavy atom. The van der Waals surface area contributed by atoms with Gasteiger partial charge in [0.25, 0.3) is 5.91 Å². The predicted octanol–water partition coefficient (Wildman–Crippen LogP) is 2.79. The third-order valence-electron chi connectivity index (χ3n) is 6.96. The Kier molecular flexibility index (Phi) is 8.89. The SMILES string of the molecule is COC(=O)CC(CCC1CCN(C(=O)c2cccc(NC3=NCC(O)CN3)c2)CC1)c1cccnc1. The molecule has 2 unspecified atom stereocenters. The van der Waals surface area contributed by atoms with Gasteiger partial charge in [0, 0.05) is 43.3 Å². The lowest BCUT2D eigenvalue weighted by Crippen LogP contribution is -2.42. The number of ether oxygens (including phenoxy) is 1. The number of nitrogens with one attached hydrogen (secondary N) is 2. The van der Waals surface area contributed by atoms with Crippen LogP contribution in [0.15, 0.2) is 53.8 Å². The summed E-state index contributed by atoms with van der Waals surface area (Å²) in [7, 11) is 1.42. The van der Waals surface area contributed by atoms with Gasteiger partial charge in [0.05, 0.1) is 26.2 Å². The smallest absolute Gasteiger partial charge is 0.306 e. The number of aliphatic imine (C=N–C) groups is 1. The van der Waals surface area contributed by atoms with E-state index in [9.17, 15) is 14.7 Å². The molecule has 0 spiro atoms. The molecule has 1 amide bonds. The number of aliphatic hydroxyl groups is 1. The van der Waals surface area contributed by atoms with E-state index in [2.05, 4.69) is 20.6 Å². The van der Waals surface area contributed by atoms with E-state index in [1.807, 2.05) is 47.5 Å². The molecule has 1 aromatic carbocycles. The molecule has 3 N–H and O–H groups in total. The van der Waals surface area contributed by atoms with Crippen LogP contribution < -0.4 is 10.6 Å². The first-order valence-electron chi connectivity index (χ1n) is 12.6. The number of benzene rings is 1. The number of amides is 1. The van der Waals surface area contributed by atoms with E-state index < -0.39 is 6.10 Å². The molecule has 36 heavy (non-hydrogen) atoms. The summed E-state index contributed by atoms with van der Waals surface area (Å²) in [4.78, 5) is 35.5. The van der Waals surface area contributed by atoms with E-state index in [4.69, 9.17) is 4.74 Å². The van der Waals surface area contributed by atoms with Crippen molar-refractivity contribution >= 4 is 23.5 Å². The molecule has 1 aromatic heterocycles. The van der Waals surface area contributed by atoms with Crippen molar-refractivity contribution in [1.82, 2.24) is 15.2 Å². The van der Waals surface area contributed by atoms with Crippen LogP contribution in [0.3, 0.4) is 0 Å². The van der Waals surface area contributed by atoms with Gasteiger partial charge in [0.2, 0.25) is 0 Å². The van der Waals surface area contributed by atoms with Gasteiger partial charge < -0.3 is 25.4 Å². The van der Waals surface area contributed by atoms with Crippen molar-refractivity contribution in [1.29, 1.82) is 0 Å². The summed E-state index contributed by atoms with van der Waals surface area (Å²) in [6.45, 7) is 2.25. The van der Waals surface area contributed by atoms with Crippen molar-refractivity contribution in [3.8, 4) is 0 Å². The topological polar surface area (TPSA) is 116 Å². The molecule has 2 atom stereocenters. The van der Waals surface area contributed by atoms with Crippen LogP contribution in [-0.4, -0.2) is 72.2 Å². The van der Waals surface area contributed by atoms with E-state index in [1.165, 1.54) is 7.11 Å². The number of nitrogens with zero attached hydrogens (tertiary/aromatic N) is 3. The zero-order chi connectivity index (χ0) is 25.3. The zero-order valence-corrected chi connectivity index (χ0v) is 20.7. The van der Waals surface area contributed by atoms with E-state index in [1.54, 1.807) is 6.20 Å². The number of pyridine rings is 1. The molecule has 2 aliphatic rings. The maximum atomic E-state index is 13.2. The highest BCUT2D eigenvalue weighted by atomic mass is 16.5. The molecule has 1 fully saturated rings. The van der Waals surface area contributed by atoms with E-state index >= 15 is 0 Å². The summed E-state index contributed by atoms with van der Waals surface area (Å²) < 4.78 is 4.90. The molecule has 9 heteroatoms. The maximum Gasteiger partial charge on any atom is 0.306 e. The van der Waals surface area contributed by atoms with Crippen molar-refractivity contribution in [3.05, 3.63) is 59.9 Å². The number of guanidine groups is 1. The van der Waals surface area contributed by atoms with Crippen LogP contribution in [0.1, 0.15) is 53.9 Å². The van der Waals surface area contributed by atoms with E-state index in [-0.39, 0.29) is 17.8 Å². The van der Waals surface area contributed by atoms with Gasteiger partial charge in [-0.05, 0) is 67.3 Å². The molecule has 0 aliphatic carbocycles. The average molecular weight is 494 g/mol. The van der Waals surface area contributed by atoms with Gasteiger partial charge in [-0.1, -0.05) is 12.1 Å². The van der Waals surface area contributed by atoms with Gasteiger partial charge >= 0.3 is 5.97 Å². The number of piperidine rings is 1. The van der Waals surface area contributed by atoms with Gasteiger partial charge in [-0.25, -0.2) is 0 Å². The lowest BCUT2D eigenvalue weighted by molar-refractivity contribution is -0.141. The van der Waals surface area contributed by atoms with Crippen LogP contribution in [0.5, 0.6) is 0 Å². The molecule has 4 rings (SSSR count). The van der Waals surface area contributed by atoms with Crippen molar-refractivity contribution in [2.75, 3.05) is 38.6 Å². The average Bonchev–Trinajstić information content (AvgIpc) is 2.92. The second-order valence-electron chi connectivity index (χ2n) is 9.51. The molecule has 192 valence electrons. The predicted molar refractivity (Wildman–Crippen MR) is 138 cm³/mol. The lowest BCUT2D eigenvalue weighted by Gasteiger charge is -2.33. The summed E-state index contributed by atoms with van der Waals surface area (Å²) in [6.07, 6.45) is 7.24. The third kappa shape index (κ3) is 7.04. The van der Waals surface area contributed by atoms with Gasteiger partial charge in [-0.15, -0.1) is 0 Å². The summed E-state index contributed by atoms with van der Waals surface area (Å²) in [6, 6.07) is 11.4. The first-order valence-corrected chi connectivity index (χ1v) is 12.6. The number of β-amino-alcohol motifs (C(OH)–C–C–N with tert-alkyl or cyclic N) is 1. The van der Waals surface area contributed by atoms with Crippen molar-refractivity contribution < 1.29 is 19.4 Å². The zero-order valence-electron chi connectivity index (χ0n) is 20.7. The number of carbonyl (C=O) groups is 2. The fourth-order valence-corrected chi connectivity index (χ4v) is 4.81. The van der Waals surface area contributed by atoms with Crippen molar-refractivity contribution in [2.45, 2.75) is 44.1 Å². The molecule has 2 aliphatic heterocycles. The minimum atomic E-state index is -0.472. The number of hydrogen-bond acceptors (Lipinski definition) is 8. The Bertz CT molecular complexity index is 1050. The quantitative estimate of drug-likeness (QED) is 0.484. The Balaban J connectivity index is 1.28. The maximum absolute atomic E-state index is 13.2. The molecular formula is C27H35N5O4. The Morgan fingerprint density at radius 1 is 1.25 bits per heavy atom. The normalized spacial score (nSPS) is 19.1. The van der Waals surface area contributed by atoms with Crippen molar-refractivity contribution in [2.24, 2.45) is 10.9 Å². The number of rotatable bonds is 8. The van der Waals surface area contributed by atoms with E-state index in [0.29, 0.717) is 37.0 Å². The Morgan fingerprint density at radius 2 is 2.08 bits per heavy atom. The summed E-state index contributed by atoms with van der Waals surface area (Å²) in [5.41, 5.74) is 2.49. The number of hydrogen-bond donors (Lipinski definition) is 3. The van der Waals surface area contributed by atoms with Crippen molar-refractivity contribution in [3.63, 3.8) is 0 Å². The lowest BCUT2D eigenvalue weighted by atomic mass is 9.85. The van der Waals surface area contributed by atoms with Gasteiger partial charge in [-0.2, -0.15) is 0 Å². The number of anilines is 1. The number of methoxy groups -OCH3 is 1. The molecule has 2 aromatic rings. The fraction of sp³-hybridized carbons (Fsp3) is 0.481. The second kappa shape index (κ2) is 12.5. The molecule has 0 bridgehead atoms. The monoisotopic (exact) mass is 493 g/mol.